The lowest BCUT2D eigenvalue weighted by atomic mass is 10.3. The molecule has 0 bridgehead atoms. The molecule has 0 aromatic heterocycles. The summed E-state index contributed by atoms with van der Waals surface area (Å²) in [7, 11) is 0. The van der Waals surface area contributed by atoms with E-state index in [1.165, 1.54) is 0 Å². The zero-order valence-corrected chi connectivity index (χ0v) is 6.19. The SMILES string of the molecule is Cl.N[13CH2]C(=O)CCC(=O)O. The van der Waals surface area contributed by atoms with Gasteiger partial charge >= 0.3 is 5.97 Å². The Hall–Kier alpha value is -0.610. The Kier molecular flexibility index (Phi) is 7.88. The lowest BCUT2D eigenvalue weighted by Gasteiger charge is -1.90. The number of Topliss-reactive ketones (excluding diaryl/α,β-unsaturated/α-hetero) is 1. The fourth-order valence-corrected chi connectivity index (χ4v) is 0.348. The van der Waals surface area contributed by atoms with E-state index in [0.717, 1.165) is 0 Å². The molecular formula is C5H10ClNO3. The van der Waals surface area contributed by atoms with E-state index in [9.17, 15) is 9.59 Å². The van der Waals surface area contributed by atoms with E-state index in [0.29, 0.717) is 0 Å². The van der Waals surface area contributed by atoms with Crippen LogP contribution in [0, 0.1) is 0 Å². The Labute approximate surface area is 64.8 Å². The molecule has 0 radical (unpaired) electrons. The van der Waals surface area contributed by atoms with Crippen LogP contribution in [0.2, 0.25) is 0 Å². The van der Waals surface area contributed by atoms with Crippen molar-refractivity contribution in [3.05, 3.63) is 0 Å². The molecule has 5 heteroatoms. The van der Waals surface area contributed by atoms with Gasteiger partial charge in [-0.15, -0.1) is 12.4 Å². The highest BCUT2D eigenvalue weighted by Gasteiger charge is 2.01. The van der Waals surface area contributed by atoms with Crippen LogP contribution in [-0.2, 0) is 9.59 Å². The average molecular weight is 169 g/mol. The molecule has 3 N–H and O–H groups in total. The number of carboxylic acid groups (broad SMARTS) is 1. The van der Waals surface area contributed by atoms with E-state index in [1.807, 2.05) is 0 Å². The summed E-state index contributed by atoms with van der Waals surface area (Å²) in [6, 6.07) is 0. The molecule has 10 heavy (non-hydrogen) atoms. The molecule has 4 nitrogen and oxygen atoms in total. The van der Waals surface area contributed by atoms with Crippen molar-refractivity contribution >= 4 is 24.2 Å². The Morgan fingerprint density at radius 1 is 1.30 bits per heavy atom. The third kappa shape index (κ3) is 7.39. The summed E-state index contributed by atoms with van der Waals surface area (Å²) in [6.07, 6.45) is -0.0676. The summed E-state index contributed by atoms with van der Waals surface area (Å²) in [5, 5.41) is 8.06. The van der Waals surface area contributed by atoms with Gasteiger partial charge in [0.15, 0.2) is 0 Å². The summed E-state index contributed by atoms with van der Waals surface area (Å²) in [6.45, 7) is -0.0622. The molecule has 0 aliphatic carbocycles. The van der Waals surface area contributed by atoms with E-state index in [2.05, 4.69) is 0 Å². The van der Waals surface area contributed by atoms with Crippen LogP contribution in [-0.4, -0.2) is 23.4 Å². The number of carbonyl (C=O) groups excluding carboxylic acids is 1. The lowest BCUT2D eigenvalue weighted by molar-refractivity contribution is -0.138. The van der Waals surface area contributed by atoms with Crippen LogP contribution in [0.15, 0.2) is 0 Å². The molecule has 0 aliphatic heterocycles. The first-order chi connectivity index (χ1) is 4.16. The van der Waals surface area contributed by atoms with Crippen molar-refractivity contribution in [2.24, 2.45) is 5.73 Å². The summed E-state index contributed by atoms with van der Waals surface area (Å²) in [4.78, 5) is 20.2. The predicted octanol–water partition coefficient (Wildman–Crippen LogP) is -0.199. The topological polar surface area (TPSA) is 80.4 Å². The van der Waals surface area contributed by atoms with Gasteiger partial charge in [-0.25, -0.2) is 0 Å². The first-order valence-electron chi connectivity index (χ1n) is 2.60. The van der Waals surface area contributed by atoms with Crippen LogP contribution >= 0.6 is 12.4 Å². The maximum absolute atomic E-state index is 10.3. The van der Waals surface area contributed by atoms with Gasteiger partial charge in [0, 0.05) is 6.42 Å². The maximum atomic E-state index is 10.3. The molecule has 0 atom stereocenters. The summed E-state index contributed by atoms with van der Waals surface area (Å²) in [5.41, 5.74) is 4.92. The van der Waals surface area contributed by atoms with Gasteiger partial charge in [0.25, 0.3) is 0 Å². The van der Waals surface area contributed by atoms with Crippen LogP contribution in [0.3, 0.4) is 0 Å². The van der Waals surface area contributed by atoms with Crippen molar-refractivity contribution < 1.29 is 14.7 Å². The molecule has 0 saturated heterocycles. The molecule has 0 fully saturated rings. The maximum Gasteiger partial charge on any atom is 0.303 e. The number of ketones is 1. The monoisotopic (exact) mass is 168 g/mol. The first kappa shape index (κ1) is 12.1. The van der Waals surface area contributed by atoms with Crippen LogP contribution in [0.1, 0.15) is 12.8 Å². The molecule has 0 rings (SSSR count). The van der Waals surface area contributed by atoms with E-state index < -0.39 is 5.97 Å². The van der Waals surface area contributed by atoms with E-state index in [-0.39, 0.29) is 37.6 Å². The second kappa shape index (κ2) is 6.51. The van der Waals surface area contributed by atoms with Gasteiger partial charge in [-0.3, -0.25) is 9.59 Å². The molecule has 0 heterocycles. The number of aliphatic carboxylic acids is 1. The number of nitrogens with two attached hydrogens (primary N) is 1. The van der Waals surface area contributed by atoms with Crippen molar-refractivity contribution in [2.45, 2.75) is 12.8 Å². The Morgan fingerprint density at radius 2 is 1.80 bits per heavy atom. The lowest BCUT2D eigenvalue weighted by Crippen LogP contribution is -2.14. The number of carbonyl (C=O) groups is 2. The van der Waals surface area contributed by atoms with Crippen molar-refractivity contribution in [3.63, 3.8) is 0 Å². The molecule has 60 valence electrons. The number of hydrogen-bond acceptors (Lipinski definition) is 3. The fraction of sp³-hybridized carbons (Fsp3) is 0.600. The molecular weight excluding hydrogens is 159 g/mol. The van der Waals surface area contributed by atoms with Gasteiger partial charge in [0.1, 0.15) is 5.78 Å². The number of rotatable bonds is 4. The molecule has 0 aromatic rings. The Balaban J connectivity index is 0. The summed E-state index contributed by atoms with van der Waals surface area (Å²) in [5.74, 6) is -1.17. The second-order valence-electron chi connectivity index (χ2n) is 1.64. The van der Waals surface area contributed by atoms with Gasteiger partial charge < -0.3 is 10.8 Å². The molecule has 0 saturated carbocycles. The third-order valence-electron chi connectivity index (χ3n) is 0.845. The number of halogens is 1. The van der Waals surface area contributed by atoms with E-state index in [1.54, 1.807) is 0 Å². The van der Waals surface area contributed by atoms with Gasteiger partial charge in [-0.1, -0.05) is 0 Å². The van der Waals surface area contributed by atoms with Crippen molar-refractivity contribution in [2.75, 3.05) is 6.54 Å². The van der Waals surface area contributed by atoms with E-state index in [4.69, 9.17) is 10.8 Å². The van der Waals surface area contributed by atoms with Crippen LogP contribution < -0.4 is 5.73 Å². The van der Waals surface area contributed by atoms with Crippen LogP contribution in [0.25, 0.3) is 0 Å². The zero-order chi connectivity index (χ0) is 7.28. The summed E-state index contributed by atoms with van der Waals surface area (Å²) >= 11 is 0. The molecule has 0 aliphatic rings. The predicted molar refractivity (Wildman–Crippen MR) is 38.2 cm³/mol. The molecule has 0 amide bonds. The Bertz CT molecular complexity index is 126. The van der Waals surface area contributed by atoms with Gasteiger partial charge in [-0.05, 0) is 0 Å². The van der Waals surface area contributed by atoms with Crippen LogP contribution in [0.5, 0.6) is 0 Å². The normalized spacial score (nSPS) is 8.10. The minimum Gasteiger partial charge on any atom is -0.481 e. The van der Waals surface area contributed by atoms with Crippen molar-refractivity contribution in [1.29, 1.82) is 0 Å². The van der Waals surface area contributed by atoms with E-state index >= 15 is 0 Å². The van der Waals surface area contributed by atoms with Gasteiger partial charge in [0.2, 0.25) is 0 Å². The highest BCUT2D eigenvalue weighted by atomic mass is 35.5. The second-order valence-corrected chi connectivity index (χ2v) is 1.64. The van der Waals surface area contributed by atoms with Gasteiger partial charge in [-0.2, -0.15) is 0 Å². The number of carboxylic acids is 1. The molecule has 0 aromatic carbocycles. The Morgan fingerprint density at radius 3 is 2.10 bits per heavy atom. The average Bonchev–Trinajstić information content (AvgIpc) is 1.83. The largest absolute Gasteiger partial charge is 0.481 e. The molecule has 0 unspecified atom stereocenters. The minimum atomic E-state index is -0.961. The highest BCUT2D eigenvalue weighted by molar-refractivity contribution is 5.85. The first-order valence-corrected chi connectivity index (χ1v) is 2.60. The zero-order valence-electron chi connectivity index (χ0n) is 5.37. The molecule has 0 spiro atoms. The quantitative estimate of drug-likeness (QED) is 0.570. The smallest absolute Gasteiger partial charge is 0.303 e. The minimum absolute atomic E-state index is 0. The number of hydrogen-bond donors (Lipinski definition) is 2. The highest BCUT2D eigenvalue weighted by Crippen LogP contribution is 1.87. The third-order valence-corrected chi connectivity index (χ3v) is 0.845. The van der Waals surface area contributed by atoms with Crippen molar-refractivity contribution in [1.82, 2.24) is 0 Å². The fourth-order valence-electron chi connectivity index (χ4n) is 0.348. The van der Waals surface area contributed by atoms with Crippen LogP contribution in [0.4, 0.5) is 0 Å². The summed E-state index contributed by atoms with van der Waals surface area (Å²) < 4.78 is 0. The van der Waals surface area contributed by atoms with Gasteiger partial charge in [0.05, 0.1) is 13.0 Å². The van der Waals surface area contributed by atoms with Crippen molar-refractivity contribution in [3.8, 4) is 0 Å². The standard InChI is InChI=1S/C5H9NO3.ClH/c6-3-4(7)1-2-5(8)9;/h1-3,6H2,(H,8,9);1H/i3+1;.